The minimum atomic E-state index is -0.0371. The average Bonchev–Trinajstić information content (AvgIpc) is 3.23. The Morgan fingerprint density at radius 3 is 2.52 bits per heavy atom. The molecule has 1 saturated carbocycles. The highest BCUT2D eigenvalue weighted by atomic mass is 35.5. The van der Waals surface area contributed by atoms with E-state index >= 15 is 0 Å². The largest absolute Gasteiger partial charge is 0.348 e. The zero-order valence-corrected chi connectivity index (χ0v) is 12.5. The molecule has 4 heteroatoms. The number of halogens is 1. The monoisotopic (exact) mass is 302 g/mol. The zero-order chi connectivity index (χ0) is 13.9. The third-order valence-corrected chi connectivity index (χ3v) is 3.71. The lowest BCUT2D eigenvalue weighted by Crippen LogP contribution is -2.22. The Kier molecular flexibility index (Phi) is 4.99. The summed E-state index contributed by atoms with van der Waals surface area (Å²) < 4.78 is 0. The highest BCUT2D eigenvalue weighted by Crippen LogP contribution is 2.39. The van der Waals surface area contributed by atoms with Gasteiger partial charge >= 0.3 is 0 Å². The van der Waals surface area contributed by atoms with Crippen LogP contribution in [0.25, 0.3) is 0 Å². The van der Waals surface area contributed by atoms with Gasteiger partial charge < -0.3 is 11.1 Å². The van der Waals surface area contributed by atoms with Gasteiger partial charge in [0, 0.05) is 24.1 Å². The Morgan fingerprint density at radius 2 is 1.86 bits per heavy atom. The smallest absolute Gasteiger partial charge is 0.251 e. The van der Waals surface area contributed by atoms with Crippen LogP contribution in [-0.2, 0) is 6.54 Å². The van der Waals surface area contributed by atoms with Gasteiger partial charge in [0.25, 0.3) is 5.91 Å². The zero-order valence-electron chi connectivity index (χ0n) is 11.7. The first-order chi connectivity index (χ1) is 9.74. The first-order valence-corrected chi connectivity index (χ1v) is 6.92. The van der Waals surface area contributed by atoms with E-state index in [4.69, 9.17) is 5.73 Å². The Hall–Kier alpha value is -1.84. The van der Waals surface area contributed by atoms with Gasteiger partial charge in [-0.25, -0.2) is 0 Å². The van der Waals surface area contributed by atoms with E-state index in [1.165, 1.54) is 5.56 Å². The Morgan fingerprint density at radius 1 is 1.14 bits per heavy atom. The number of nitrogens with two attached hydrogens (primary N) is 1. The maximum absolute atomic E-state index is 12.2. The maximum Gasteiger partial charge on any atom is 0.251 e. The molecule has 0 radical (unpaired) electrons. The quantitative estimate of drug-likeness (QED) is 0.912. The average molecular weight is 303 g/mol. The molecule has 1 fully saturated rings. The van der Waals surface area contributed by atoms with E-state index in [0.717, 1.165) is 12.0 Å². The number of carbonyl (C=O) groups is 1. The van der Waals surface area contributed by atoms with Crippen molar-refractivity contribution in [3.63, 3.8) is 0 Å². The van der Waals surface area contributed by atoms with Crippen molar-refractivity contribution < 1.29 is 4.79 Å². The van der Waals surface area contributed by atoms with E-state index in [2.05, 4.69) is 5.32 Å². The second-order valence-corrected chi connectivity index (χ2v) is 5.30. The number of hydrogen-bond acceptors (Lipinski definition) is 2. The van der Waals surface area contributed by atoms with Crippen molar-refractivity contribution in [2.24, 2.45) is 5.73 Å². The van der Waals surface area contributed by atoms with Crippen molar-refractivity contribution in [1.82, 2.24) is 5.32 Å². The molecule has 2 atom stereocenters. The first-order valence-electron chi connectivity index (χ1n) is 6.92. The van der Waals surface area contributed by atoms with Gasteiger partial charge in [0.05, 0.1) is 0 Å². The number of nitrogens with one attached hydrogen (secondary N) is 1. The van der Waals surface area contributed by atoms with E-state index in [1.807, 2.05) is 54.6 Å². The fourth-order valence-corrected chi connectivity index (χ4v) is 2.39. The van der Waals surface area contributed by atoms with Gasteiger partial charge in [-0.1, -0.05) is 42.5 Å². The molecule has 1 aliphatic rings. The molecule has 0 aliphatic heterocycles. The summed E-state index contributed by atoms with van der Waals surface area (Å²) >= 11 is 0. The first kappa shape index (κ1) is 15.5. The second-order valence-electron chi connectivity index (χ2n) is 5.30. The number of rotatable bonds is 4. The number of benzene rings is 2. The van der Waals surface area contributed by atoms with Gasteiger partial charge in [-0.3, -0.25) is 4.79 Å². The maximum atomic E-state index is 12.2. The predicted octanol–water partition coefficient (Wildman–Crippen LogP) is 2.85. The highest BCUT2D eigenvalue weighted by molar-refractivity contribution is 5.94. The molecule has 110 valence electrons. The molecular weight excluding hydrogens is 284 g/mol. The lowest BCUT2D eigenvalue weighted by Gasteiger charge is -2.07. The summed E-state index contributed by atoms with van der Waals surface area (Å²) in [4.78, 5) is 12.2. The SMILES string of the molecule is Cl.NC1CC1c1cccc(C(=O)NCc2ccccc2)c1. The molecule has 1 aliphatic carbocycles. The van der Waals surface area contributed by atoms with Crippen LogP contribution in [-0.4, -0.2) is 11.9 Å². The van der Waals surface area contributed by atoms with Crippen LogP contribution in [0.4, 0.5) is 0 Å². The molecule has 3 N–H and O–H groups in total. The molecule has 21 heavy (non-hydrogen) atoms. The third kappa shape index (κ3) is 3.84. The summed E-state index contributed by atoms with van der Waals surface area (Å²) in [5.41, 5.74) is 8.83. The van der Waals surface area contributed by atoms with Crippen molar-refractivity contribution in [3.05, 3.63) is 71.3 Å². The second kappa shape index (κ2) is 6.74. The third-order valence-electron chi connectivity index (χ3n) is 3.71. The van der Waals surface area contributed by atoms with Crippen molar-refractivity contribution in [1.29, 1.82) is 0 Å². The summed E-state index contributed by atoms with van der Waals surface area (Å²) in [6.07, 6.45) is 1.02. The fourth-order valence-electron chi connectivity index (χ4n) is 2.39. The van der Waals surface area contributed by atoms with Gasteiger partial charge in [-0.05, 0) is 29.7 Å². The van der Waals surface area contributed by atoms with Crippen molar-refractivity contribution >= 4 is 18.3 Å². The van der Waals surface area contributed by atoms with E-state index in [0.29, 0.717) is 18.0 Å². The Labute approximate surface area is 131 Å². The highest BCUT2D eigenvalue weighted by Gasteiger charge is 2.34. The summed E-state index contributed by atoms with van der Waals surface area (Å²) in [5.74, 6) is 0.391. The molecule has 1 amide bonds. The molecule has 2 aromatic carbocycles. The molecule has 2 unspecified atom stereocenters. The van der Waals surface area contributed by atoms with E-state index in [9.17, 15) is 4.79 Å². The molecule has 3 nitrogen and oxygen atoms in total. The van der Waals surface area contributed by atoms with Crippen LogP contribution in [0.15, 0.2) is 54.6 Å². The van der Waals surface area contributed by atoms with Crippen LogP contribution < -0.4 is 11.1 Å². The molecule has 3 rings (SSSR count). The lowest BCUT2D eigenvalue weighted by molar-refractivity contribution is 0.0951. The number of amides is 1. The van der Waals surface area contributed by atoms with Crippen LogP contribution in [0, 0.1) is 0 Å². The molecule has 0 heterocycles. The van der Waals surface area contributed by atoms with Crippen LogP contribution in [0.5, 0.6) is 0 Å². The Balaban J connectivity index is 0.00000161. The molecule has 0 spiro atoms. The summed E-state index contributed by atoms with van der Waals surface area (Å²) in [5, 5.41) is 2.94. The van der Waals surface area contributed by atoms with Gasteiger partial charge in [-0.2, -0.15) is 0 Å². The summed E-state index contributed by atoms with van der Waals surface area (Å²) in [6.45, 7) is 0.548. The van der Waals surface area contributed by atoms with Crippen LogP contribution in [0.2, 0.25) is 0 Å². The van der Waals surface area contributed by atoms with Gasteiger partial charge in [0.2, 0.25) is 0 Å². The predicted molar refractivity (Wildman–Crippen MR) is 86.6 cm³/mol. The van der Waals surface area contributed by atoms with E-state index in [-0.39, 0.29) is 24.4 Å². The minimum absolute atomic E-state index is 0. The molecule has 2 aromatic rings. The van der Waals surface area contributed by atoms with E-state index < -0.39 is 0 Å². The summed E-state index contributed by atoms with van der Waals surface area (Å²) in [6, 6.07) is 17.9. The van der Waals surface area contributed by atoms with Gasteiger partial charge in [0.1, 0.15) is 0 Å². The number of hydrogen-bond donors (Lipinski definition) is 2. The lowest BCUT2D eigenvalue weighted by atomic mass is 10.1. The molecular formula is C17H19ClN2O. The topological polar surface area (TPSA) is 55.1 Å². The molecule has 0 bridgehead atoms. The van der Waals surface area contributed by atoms with Gasteiger partial charge in [-0.15, -0.1) is 12.4 Å². The Bertz CT molecular complexity index is 615. The molecule has 0 aromatic heterocycles. The van der Waals surface area contributed by atoms with Crippen molar-refractivity contribution in [2.45, 2.75) is 24.9 Å². The van der Waals surface area contributed by atoms with Crippen LogP contribution >= 0.6 is 12.4 Å². The normalized spacial score (nSPS) is 19.5. The van der Waals surface area contributed by atoms with Gasteiger partial charge in [0.15, 0.2) is 0 Å². The molecule has 0 saturated heterocycles. The minimum Gasteiger partial charge on any atom is -0.348 e. The number of carbonyl (C=O) groups excluding carboxylic acids is 1. The van der Waals surface area contributed by atoms with Crippen LogP contribution in [0.1, 0.15) is 33.8 Å². The summed E-state index contributed by atoms with van der Waals surface area (Å²) in [7, 11) is 0. The van der Waals surface area contributed by atoms with E-state index in [1.54, 1.807) is 0 Å². The van der Waals surface area contributed by atoms with Crippen LogP contribution in [0.3, 0.4) is 0 Å². The van der Waals surface area contributed by atoms with Crippen molar-refractivity contribution in [2.75, 3.05) is 0 Å². The van der Waals surface area contributed by atoms with Crippen molar-refractivity contribution in [3.8, 4) is 0 Å². The standard InChI is InChI=1S/C17H18N2O.ClH/c18-16-10-15(16)13-7-4-8-14(9-13)17(20)19-11-12-5-2-1-3-6-12;/h1-9,15-16H,10-11,18H2,(H,19,20);1H. The fraction of sp³-hybridized carbons (Fsp3) is 0.235.